The molecule has 144 valence electrons. The number of hydrogen-bond donors (Lipinski definition) is 2. The first-order chi connectivity index (χ1) is 12.5. The lowest BCUT2D eigenvalue weighted by Gasteiger charge is -2.38. The Hall–Kier alpha value is -1.35. The van der Waals surface area contributed by atoms with Crippen LogP contribution in [0.4, 0.5) is 0 Å². The highest BCUT2D eigenvalue weighted by molar-refractivity contribution is 5.79. The van der Waals surface area contributed by atoms with Crippen molar-refractivity contribution in [2.24, 2.45) is 17.8 Å². The van der Waals surface area contributed by atoms with E-state index in [9.17, 15) is 9.90 Å². The molecule has 1 amide bonds. The molecule has 2 aliphatic rings. The average Bonchev–Trinajstić information content (AvgIpc) is 2.67. The lowest BCUT2D eigenvalue weighted by atomic mass is 9.74. The number of rotatable bonds is 5. The van der Waals surface area contributed by atoms with Gasteiger partial charge in [0.25, 0.3) is 0 Å². The molecule has 1 atom stereocenters. The minimum Gasteiger partial charge on any atom is -0.385 e. The SMILES string of the molecule is CCC(C(=O)NC1CCC(O)(c2ccccc2)CC1)C1CCC(C)CC1. The van der Waals surface area contributed by atoms with Crippen LogP contribution in [0.25, 0.3) is 0 Å². The molecule has 0 heterocycles. The molecule has 2 N–H and O–H groups in total. The third kappa shape index (κ3) is 4.49. The van der Waals surface area contributed by atoms with Crippen LogP contribution in [0.3, 0.4) is 0 Å². The van der Waals surface area contributed by atoms with E-state index in [-0.39, 0.29) is 17.9 Å². The zero-order valence-electron chi connectivity index (χ0n) is 16.4. The summed E-state index contributed by atoms with van der Waals surface area (Å²) in [7, 11) is 0. The molecule has 1 aromatic rings. The second-order valence-corrected chi connectivity index (χ2v) is 8.72. The number of hydrogen-bond acceptors (Lipinski definition) is 2. The van der Waals surface area contributed by atoms with Crippen LogP contribution in [0.1, 0.15) is 77.2 Å². The van der Waals surface area contributed by atoms with Crippen molar-refractivity contribution in [2.45, 2.75) is 83.3 Å². The molecule has 0 saturated heterocycles. The van der Waals surface area contributed by atoms with Gasteiger partial charge in [0.05, 0.1) is 5.60 Å². The Balaban J connectivity index is 1.52. The summed E-state index contributed by atoms with van der Waals surface area (Å²) < 4.78 is 0. The second kappa shape index (κ2) is 8.56. The third-order valence-electron chi connectivity index (χ3n) is 6.88. The van der Waals surface area contributed by atoms with E-state index in [0.717, 1.165) is 43.6 Å². The van der Waals surface area contributed by atoms with E-state index in [2.05, 4.69) is 19.2 Å². The summed E-state index contributed by atoms with van der Waals surface area (Å²) in [6, 6.07) is 10.2. The highest BCUT2D eigenvalue weighted by Crippen LogP contribution is 2.38. The van der Waals surface area contributed by atoms with Crippen LogP contribution in [0.5, 0.6) is 0 Å². The normalized spacial score (nSPS) is 33.4. The number of carbonyl (C=O) groups is 1. The molecule has 0 aromatic heterocycles. The van der Waals surface area contributed by atoms with E-state index in [0.29, 0.717) is 5.92 Å². The van der Waals surface area contributed by atoms with Crippen LogP contribution >= 0.6 is 0 Å². The van der Waals surface area contributed by atoms with Crippen molar-refractivity contribution >= 4 is 5.91 Å². The maximum atomic E-state index is 12.9. The third-order valence-corrected chi connectivity index (χ3v) is 6.88. The highest BCUT2D eigenvalue weighted by atomic mass is 16.3. The first-order valence-corrected chi connectivity index (χ1v) is 10.6. The first kappa shape index (κ1) is 19.4. The Morgan fingerprint density at radius 2 is 1.73 bits per heavy atom. The summed E-state index contributed by atoms with van der Waals surface area (Å²) in [5.74, 6) is 1.79. The zero-order valence-corrected chi connectivity index (χ0v) is 16.4. The molecule has 0 spiro atoms. The smallest absolute Gasteiger partial charge is 0.223 e. The van der Waals surface area contributed by atoms with Gasteiger partial charge in [-0.05, 0) is 62.3 Å². The maximum Gasteiger partial charge on any atom is 0.223 e. The minimum atomic E-state index is -0.730. The van der Waals surface area contributed by atoms with Crippen molar-refractivity contribution in [2.75, 3.05) is 0 Å². The minimum absolute atomic E-state index is 0.164. The van der Waals surface area contributed by atoms with Crippen LogP contribution in [-0.2, 0) is 10.4 Å². The van der Waals surface area contributed by atoms with Crippen LogP contribution in [-0.4, -0.2) is 17.1 Å². The zero-order chi connectivity index (χ0) is 18.6. The van der Waals surface area contributed by atoms with Crippen molar-refractivity contribution in [3.63, 3.8) is 0 Å². The molecule has 3 nitrogen and oxygen atoms in total. The Kier molecular flexibility index (Phi) is 6.39. The summed E-state index contributed by atoms with van der Waals surface area (Å²) in [6.45, 7) is 4.48. The molecule has 2 aliphatic carbocycles. The van der Waals surface area contributed by atoms with E-state index in [1.807, 2.05) is 30.3 Å². The van der Waals surface area contributed by atoms with Gasteiger partial charge in [-0.3, -0.25) is 4.79 Å². The van der Waals surface area contributed by atoms with Gasteiger partial charge in [-0.1, -0.05) is 57.0 Å². The molecular weight excluding hydrogens is 322 g/mol. The van der Waals surface area contributed by atoms with E-state index < -0.39 is 5.60 Å². The molecule has 0 aliphatic heterocycles. The Morgan fingerprint density at radius 1 is 1.12 bits per heavy atom. The Bertz CT molecular complexity index is 569. The van der Waals surface area contributed by atoms with Crippen LogP contribution in [0.2, 0.25) is 0 Å². The van der Waals surface area contributed by atoms with Crippen molar-refractivity contribution in [3.8, 4) is 0 Å². The van der Waals surface area contributed by atoms with E-state index >= 15 is 0 Å². The van der Waals surface area contributed by atoms with Crippen LogP contribution < -0.4 is 5.32 Å². The Labute approximate surface area is 158 Å². The summed E-state index contributed by atoms with van der Waals surface area (Å²) in [5.41, 5.74) is 0.277. The average molecular weight is 358 g/mol. The van der Waals surface area contributed by atoms with Gasteiger partial charge >= 0.3 is 0 Å². The van der Waals surface area contributed by atoms with Crippen molar-refractivity contribution < 1.29 is 9.90 Å². The van der Waals surface area contributed by atoms with Gasteiger partial charge in [0.15, 0.2) is 0 Å². The molecule has 26 heavy (non-hydrogen) atoms. The van der Waals surface area contributed by atoms with Gasteiger partial charge in [-0.15, -0.1) is 0 Å². The van der Waals surface area contributed by atoms with Gasteiger partial charge in [0.1, 0.15) is 0 Å². The molecule has 3 heteroatoms. The van der Waals surface area contributed by atoms with Crippen molar-refractivity contribution in [3.05, 3.63) is 35.9 Å². The fourth-order valence-electron chi connectivity index (χ4n) is 5.01. The summed E-state index contributed by atoms with van der Waals surface area (Å²) in [6.07, 6.45) is 9.02. The largest absolute Gasteiger partial charge is 0.385 e. The molecule has 1 unspecified atom stereocenters. The van der Waals surface area contributed by atoms with E-state index in [4.69, 9.17) is 0 Å². The summed E-state index contributed by atoms with van der Waals surface area (Å²) in [5, 5.41) is 14.3. The fourth-order valence-corrected chi connectivity index (χ4v) is 5.01. The molecule has 2 saturated carbocycles. The summed E-state index contributed by atoms with van der Waals surface area (Å²) >= 11 is 0. The van der Waals surface area contributed by atoms with Gasteiger partial charge in [0, 0.05) is 12.0 Å². The number of benzene rings is 1. The molecule has 1 aromatic carbocycles. The van der Waals surface area contributed by atoms with Crippen molar-refractivity contribution in [1.29, 1.82) is 0 Å². The lowest BCUT2D eigenvalue weighted by Crippen LogP contribution is -2.45. The lowest BCUT2D eigenvalue weighted by molar-refractivity contribution is -0.129. The van der Waals surface area contributed by atoms with Gasteiger partial charge in [0.2, 0.25) is 5.91 Å². The topological polar surface area (TPSA) is 49.3 Å². The number of aliphatic hydroxyl groups is 1. The van der Waals surface area contributed by atoms with Crippen molar-refractivity contribution in [1.82, 2.24) is 5.32 Å². The fraction of sp³-hybridized carbons (Fsp3) is 0.696. The summed E-state index contributed by atoms with van der Waals surface area (Å²) in [4.78, 5) is 12.9. The van der Waals surface area contributed by atoms with Crippen LogP contribution in [0.15, 0.2) is 30.3 Å². The predicted molar refractivity (Wildman–Crippen MR) is 106 cm³/mol. The standard InChI is InChI=1S/C23H35NO2/c1-3-21(18-11-9-17(2)10-12-18)22(25)24-20-13-15-23(26,16-14-20)19-7-5-4-6-8-19/h4-8,17-18,20-21,26H,3,9-16H2,1-2H3,(H,24,25). The van der Waals surface area contributed by atoms with E-state index in [1.54, 1.807) is 0 Å². The van der Waals surface area contributed by atoms with Gasteiger partial charge < -0.3 is 10.4 Å². The maximum absolute atomic E-state index is 12.9. The number of carbonyl (C=O) groups excluding carboxylic acids is 1. The van der Waals surface area contributed by atoms with Gasteiger partial charge in [-0.25, -0.2) is 0 Å². The molecule has 2 fully saturated rings. The predicted octanol–water partition coefficient (Wildman–Crippen LogP) is 4.79. The van der Waals surface area contributed by atoms with E-state index in [1.165, 1.54) is 25.7 Å². The second-order valence-electron chi connectivity index (χ2n) is 8.72. The number of nitrogens with one attached hydrogen (secondary N) is 1. The monoisotopic (exact) mass is 357 g/mol. The quantitative estimate of drug-likeness (QED) is 0.796. The molecular formula is C23H35NO2. The Morgan fingerprint density at radius 3 is 2.31 bits per heavy atom. The first-order valence-electron chi connectivity index (χ1n) is 10.6. The molecule has 0 bridgehead atoms. The van der Waals surface area contributed by atoms with Crippen LogP contribution in [0, 0.1) is 17.8 Å². The highest BCUT2D eigenvalue weighted by Gasteiger charge is 2.36. The van der Waals surface area contributed by atoms with Gasteiger partial charge in [-0.2, -0.15) is 0 Å². The molecule has 0 radical (unpaired) electrons. The molecule has 3 rings (SSSR count). The number of amides is 1.